The third-order valence-corrected chi connectivity index (χ3v) is 3.78. The number of carbonyl (C=O) groups excluding carboxylic acids is 3. The molecular formula is C21H17FN4O3. The van der Waals surface area contributed by atoms with E-state index in [0.29, 0.717) is 11.4 Å². The number of rotatable bonds is 5. The zero-order valence-electron chi connectivity index (χ0n) is 15.4. The summed E-state index contributed by atoms with van der Waals surface area (Å²) in [6.07, 6.45) is 0. The smallest absolute Gasteiger partial charge is 0.274 e. The van der Waals surface area contributed by atoms with Gasteiger partial charge < -0.3 is 16.0 Å². The second-order valence-electron chi connectivity index (χ2n) is 6.06. The zero-order chi connectivity index (χ0) is 20.8. The largest absolute Gasteiger partial charge is 0.326 e. The molecule has 29 heavy (non-hydrogen) atoms. The van der Waals surface area contributed by atoms with Crippen LogP contribution in [0.5, 0.6) is 0 Å². The van der Waals surface area contributed by atoms with Gasteiger partial charge in [-0.05, 0) is 42.5 Å². The summed E-state index contributed by atoms with van der Waals surface area (Å²) in [4.78, 5) is 40.0. The van der Waals surface area contributed by atoms with E-state index >= 15 is 0 Å². The lowest BCUT2D eigenvalue weighted by atomic mass is 10.2. The van der Waals surface area contributed by atoms with Crippen LogP contribution in [-0.2, 0) is 4.79 Å². The number of hydrogen-bond donors (Lipinski definition) is 3. The van der Waals surface area contributed by atoms with Crippen LogP contribution in [0.3, 0.4) is 0 Å². The summed E-state index contributed by atoms with van der Waals surface area (Å²) in [6.45, 7) is 1.38. The molecule has 1 heterocycles. The fourth-order valence-corrected chi connectivity index (χ4v) is 2.51. The van der Waals surface area contributed by atoms with E-state index in [2.05, 4.69) is 20.9 Å². The summed E-state index contributed by atoms with van der Waals surface area (Å²) in [5, 5.41) is 7.69. The van der Waals surface area contributed by atoms with Crippen molar-refractivity contribution in [3.63, 3.8) is 0 Å². The summed E-state index contributed by atoms with van der Waals surface area (Å²) < 4.78 is 13.7. The fraction of sp³-hybridized carbons (Fsp3) is 0.0476. The average Bonchev–Trinajstić information content (AvgIpc) is 2.69. The number of pyridine rings is 1. The van der Waals surface area contributed by atoms with Gasteiger partial charge in [0.05, 0.1) is 5.69 Å². The Hall–Kier alpha value is -4.07. The predicted octanol–water partition coefficient (Wildman–Crippen LogP) is 3.68. The lowest BCUT2D eigenvalue weighted by Crippen LogP contribution is -2.19. The SMILES string of the molecule is CC(=O)Nc1cccc(NC(=O)c2cccc(C(=O)Nc3ccccc3F)n2)c1. The number of halogens is 1. The van der Waals surface area contributed by atoms with E-state index in [9.17, 15) is 18.8 Å². The van der Waals surface area contributed by atoms with Crippen molar-refractivity contribution in [1.82, 2.24) is 4.98 Å². The van der Waals surface area contributed by atoms with Gasteiger partial charge in [-0.1, -0.05) is 24.3 Å². The van der Waals surface area contributed by atoms with Crippen molar-refractivity contribution in [3.8, 4) is 0 Å². The third kappa shape index (κ3) is 5.23. The average molecular weight is 392 g/mol. The van der Waals surface area contributed by atoms with Crippen molar-refractivity contribution >= 4 is 34.8 Å². The van der Waals surface area contributed by atoms with Crippen molar-refractivity contribution in [1.29, 1.82) is 0 Å². The highest BCUT2D eigenvalue weighted by Crippen LogP contribution is 2.17. The summed E-state index contributed by atoms with van der Waals surface area (Å²) in [7, 11) is 0. The number of hydrogen-bond acceptors (Lipinski definition) is 4. The molecule has 3 amide bonds. The molecule has 0 radical (unpaired) electrons. The first-order chi connectivity index (χ1) is 13.9. The number of carbonyl (C=O) groups is 3. The van der Waals surface area contributed by atoms with Crippen molar-refractivity contribution in [2.24, 2.45) is 0 Å². The van der Waals surface area contributed by atoms with Crippen LogP contribution >= 0.6 is 0 Å². The number of nitrogens with one attached hydrogen (secondary N) is 3. The highest BCUT2D eigenvalue weighted by Gasteiger charge is 2.14. The van der Waals surface area contributed by atoms with Gasteiger partial charge in [-0.15, -0.1) is 0 Å². The molecule has 2 aromatic carbocycles. The van der Waals surface area contributed by atoms with Gasteiger partial charge in [0.1, 0.15) is 17.2 Å². The van der Waals surface area contributed by atoms with Crippen molar-refractivity contribution in [2.45, 2.75) is 6.92 Å². The number of aromatic nitrogens is 1. The highest BCUT2D eigenvalue weighted by molar-refractivity contribution is 6.06. The summed E-state index contributed by atoms with van der Waals surface area (Å²) in [6, 6.07) is 16.7. The second kappa shape index (κ2) is 8.75. The summed E-state index contributed by atoms with van der Waals surface area (Å²) >= 11 is 0. The van der Waals surface area contributed by atoms with Gasteiger partial charge in [-0.3, -0.25) is 14.4 Å². The third-order valence-electron chi connectivity index (χ3n) is 3.78. The van der Waals surface area contributed by atoms with Gasteiger partial charge in [0, 0.05) is 18.3 Å². The molecule has 0 fully saturated rings. The van der Waals surface area contributed by atoms with Crippen molar-refractivity contribution in [2.75, 3.05) is 16.0 Å². The standard InChI is InChI=1S/C21H17FN4O3/c1-13(27)23-14-6-4-7-15(12-14)24-20(28)18-10-5-11-19(25-18)21(29)26-17-9-3-2-8-16(17)22/h2-12H,1H3,(H,23,27)(H,24,28)(H,26,29). The molecule has 0 aliphatic rings. The van der Waals surface area contributed by atoms with Gasteiger partial charge in [-0.25, -0.2) is 9.37 Å². The molecule has 3 aromatic rings. The van der Waals surface area contributed by atoms with E-state index < -0.39 is 17.6 Å². The molecule has 0 bridgehead atoms. The Bertz CT molecular complexity index is 1080. The molecule has 146 valence electrons. The Labute approximate surface area is 166 Å². The Morgan fingerprint density at radius 2 is 1.34 bits per heavy atom. The van der Waals surface area contributed by atoms with Crippen LogP contribution in [0.2, 0.25) is 0 Å². The first-order valence-corrected chi connectivity index (χ1v) is 8.64. The molecule has 0 aliphatic heterocycles. The van der Waals surface area contributed by atoms with Gasteiger partial charge in [0.2, 0.25) is 5.91 Å². The molecule has 1 aromatic heterocycles. The van der Waals surface area contributed by atoms with E-state index in [1.807, 2.05) is 0 Å². The molecule has 3 N–H and O–H groups in total. The normalized spacial score (nSPS) is 10.1. The molecular weight excluding hydrogens is 375 g/mol. The molecule has 0 unspecified atom stereocenters. The van der Waals surface area contributed by atoms with E-state index in [0.717, 1.165) is 0 Å². The van der Waals surface area contributed by atoms with Crippen LogP contribution < -0.4 is 16.0 Å². The summed E-state index contributed by atoms with van der Waals surface area (Å²) in [5.41, 5.74) is 0.971. The van der Waals surface area contributed by atoms with Crippen LogP contribution in [0.25, 0.3) is 0 Å². The van der Waals surface area contributed by atoms with E-state index in [4.69, 9.17) is 0 Å². The molecule has 3 rings (SSSR count). The molecule has 8 heteroatoms. The number of nitrogens with zero attached hydrogens (tertiary/aromatic N) is 1. The minimum atomic E-state index is -0.641. The van der Waals surface area contributed by atoms with E-state index in [1.165, 1.54) is 43.3 Å². The molecule has 0 atom stereocenters. The lowest BCUT2D eigenvalue weighted by molar-refractivity contribution is -0.114. The van der Waals surface area contributed by atoms with Crippen LogP contribution in [0.4, 0.5) is 21.5 Å². The Morgan fingerprint density at radius 1 is 0.759 bits per heavy atom. The van der Waals surface area contributed by atoms with Crippen molar-refractivity contribution < 1.29 is 18.8 Å². The number of para-hydroxylation sites is 1. The first-order valence-electron chi connectivity index (χ1n) is 8.64. The minimum Gasteiger partial charge on any atom is -0.326 e. The Balaban J connectivity index is 1.73. The summed E-state index contributed by atoms with van der Waals surface area (Å²) in [5.74, 6) is -1.99. The lowest BCUT2D eigenvalue weighted by Gasteiger charge is -2.09. The number of amides is 3. The highest BCUT2D eigenvalue weighted by atomic mass is 19.1. The van der Waals surface area contributed by atoms with Crippen LogP contribution in [0, 0.1) is 5.82 Å². The molecule has 0 spiro atoms. The van der Waals surface area contributed by atoms with E-state index in [1.54, 1.807) is 30.3 Å². The maximum atomic E-state index is 13.7. The zero-order valence-corrected chi connectivity index (χ0v) is 15.4. The van der Waals surface area contributed by atoms with Gasteiger partial charge in [0.25, 0.3) is 11.8 Å². The van der Waals surface area contributed by atoms with Gasteiger partial charge in [-0.2, -0.15) is 0 Å². The predicted molar refractivity (Wildman–Crippen MR) is 107 cm³/mol. The van der Waals surface area contributed by atoms with Crippen LogP contribution in [-0.4, -0.2) is 22.7 Å². The van der Waals surface area contributed by atoms with E-state index in [-0.39, 0.29) is 23.0 Å². The van der Waals surface area contributed by atoms with Gasteiger partial charge >= 0.3 is 0 Å². The Morgan fingerprint density at radius 3 is 2.00 bits per heavy atom. The molecule has 0 saturated carbocycles. The van der Waals surface area contributed by atoms with Gasteiger partial charge in [0.15, 0.2) is 0 Å². The van der Waals surface area contributed by atoms with Crippen LogP contribution in [0.1, 0.15) is 27.9 Å². The first kappa shape index (κ1) is 19.7. The molecule has 0 saturated heterocycles. The monoisotopic (exact) mass is 392 g/mol. The van der Waals surface area contributed by atoms with Crippen LogP contribution in [0.15, 0.2) is 66.7 Å². The topological polar surface area (TPSA) is 100 Å². The fourth-order valence-electron chi connectivity index (χ4n) is 2.51. The minimum absolute atomic E-state index is 0.0103. The molecule has 0 aliphatic carbocycles. The second-order valence-corrected chi connectivity index (χ2v) is 6.06. The number of anilines is 3. The maximum absolute atomic E-state index is 13.7. The Kier molecular flexibility index (Phi) is 5.94. The van der Waals surface area contributed by atoms with Crippen molar-refractivity contribution in [3.05, 3.63) is 83.9 Å². The number of benzene rings is 2. The quantitative estimate of drug-likeness (QED) is 0.617. The molecule has 7 nitrogen and oxygen atoms in total. The maximum Gasteiger partial charge on any atom is 0.274 e.